The van der Waals surface area contributed by atoms with E-state index in [2.05, 4.69) is 22.4 Å². The first-order valence-corrected chi connectivity index (χ1v) is 10.4. The standard InChI is InChI=1S/C23H24N2O3S/c1-16-22(17(2)26)29-23(25-16)19-10-12-20(13-11-19)28-15-21(27)24-14-6-9-18-7-4-3-5-8-18/h3-5,7-8,10-13H,6,9,14-15H2,1-2H3,(H,24,27). The van der Waals surface area contributed by atoms with Crippen LogP contribution in [0.5, 0.6) is 5.75 Å². The summed E-state index contributed by atoms with van der Waals surface area (Å²) in [5.74, 6) is 0.512. The lowest BCUT2D eigenvalue weighted by Crippen LogP contribution is -2.29. The SMILES string of the molecule is CC(=O)c1sc(-c2ccc(OCC(=O)NCCCc3ccccc3)cc2)nc1C. The van der Waals surface area contributed by atoms with Crippen molar-refractivity contribution >= 4 is 23.0 Å². The number of Topliss-reactive ketones (excluding diaryl/α,β-unsaturated/α-hetero) is 1. The van der Waals surface area contributed by atoms with Crippen molar-refractivity contribution in [3.05, 3.63) is 70.7 Å². The van der Waals surface area contributed by atoms with Gasteiger partial charge in [0.25, 0.3) is 5.91 Å². The number of aromatic nitrogens is 1. The van der Waals surface area contributed by atoms with Crippen molar-refractivity contribution in [3.63, 3.8) is 0 Å². The Balaban J connectivity index is 1.43. The maximum Gasteiger partial charge on any atom is 0.257 e. The van der Waals surface area contributed by atoms with Crippen LogP contribution in [-0.4, -0.2) is 29.8 Å². The summed E-state index contributed by atoms with van der Waals surface area (Å²) in [5, 5.41) is 3.68. The molecule has 6 heteroatoms. The van der Waals surface area contributed by atoms with E-state index in [1.165, 1.54) is 16.9 Å². The fourth-order valence-electron chi connectivity index (χ4n) is 2.91. The summed E-state index contributed by atoms with van der Waals surface area (Å²) in [7, 11) is 0. The van der Waals surface area contributed by atoms with Crippen LogP contribution < -0.4 is 10.1 Å². The normalized spacial score (nSPS) is 10.6. The maximum atomic E-state index is 11.9. The lowest BCUT2D eigenvalue weighted by molar-refractivity contribution is -0.123. The van der Waals surface area contributed by atoms with Crippen molar-refractivity contribution in [3.8, 4) is 16.3 Å². The highest BCUT2D eigenvalue weighted by atomic mass is 32.1. The van der Waals surface area contributed by atoms with Gasteiger partial charge >= 0.3 is 0 Å². The molecule has 0 radical (unpaired) electrons. The van der Waals surface area contributed by atoms with Gasteiger partial charge in [-0.3, -0.25) is 9.59 Å². The fourth-order valence-corrected chi connectivity index (χ4v) is 3.87. The average molecular weight is 409 g/mol. The van der Waals surface area contributed by atoms with Gasteiger partial charge in [-0.1, -0.05) is 30.3 Å². The second-order valence-electron chi connectivity index (χ2n) is 6.74. The molecule has 0 fully saturated rings. The quantitative estimate of drug-likeness (QED) is 0.420. The van der Waals surface area contributed by atoms with Crippen LogP contribution in [0.2, 0.25) is 0 Å². The summed E-state index contributed by atoms with van der Waals surface area (Å²) < 4.78 is 5.56. The molecule has 0 spiro atoms. The molecular weight excluding hydrogens is 384 g/mol. The van der Waals surface area contributed by atoms with Crippen molar-refractivity contribution in [1.82, 2.24) is 10.3 Å². The molecule has 0 aliphatic carbocycles. The molecule has 0 saturated heterocycles. The third-order valence-electron chi connectivity index (χ3n) is 4.39. The van der Waals surface area contributed by atoms with Gasteiger partial charge in [-0.2, -0.15) is 0 Å². The van der Waals surface area contributed by atoms with E-state index in [0.29, 0.717) is 17.2 Å². The zero-order chi connectivity index (χ0) is 20.6. The highest BCUT2D eigenvalue weighted by Gasteiger charge is 2.13. The molecule has 29 heavy (non-hydrogen) atoms. The smallest absolute Gasteiger partial charge is 0.257 e. The molecule has 5 nitrogen and oxygen atoms in total. The molecule has 1 amide bonds. The molecule has 150 valence electrons. The number of ketones is 1. The summed E-state index contributed by atoms with van der Waals surface area (Å²) in [6, 6.07) is 17.6. The number of rotatable bonds is 9. The van der Waals surface area contributed by atoms with Gasteiger partial charge in [0, 0.05) is 19.0 Å². The van der Waals surface area contributed by atoms with Gasteiger partial charge < -0.3 is 10.1 Å². The van der Waals surface area contributed by atoms with Gasteiger partial charge in [-0.05, 0) is 49.6 Å². The topological polar surface area (TPSA) is 68.3 Å². The zero-order valence-corrected chi connectivity index (χ0v) is 17.4. The van der Waals surface area contributed by atoms with Crippen LogP contribution in [-0.2, 0) is 11.2 Å². The third kappa shape index (κ3) is 5.99. The van der Waals surface area contributed by atoms with Gasteiger partial charge in [-0.25, -0.2) is 4.98 Å². The number of ether oxygens (including phenoxy) is 1. The fraction of sp³-hybridized carbons (Fsp3) is 0.261. The summed E-state index contributed by atoms with van der Waals surface area (Å²) in [6.07, 6.45) is 1.82. The Hall–Kier alpha value is -2.99. The molecule has 1 N–H and O–H groups in total. The van der Waals surface area contributed by atoms with Crippen LogP contribution in [0, 0.1) is 6.92 Å². The summed E-state index contributed by atoms with van der Waals surface area (Å²) in [6.45, 7) is 3.99. The lowest BCUT2D eigenvalue weighted by Gasteiger charge is -2.08. The molecule has 0 atom stereocenters. The number of nitrogens with one attached hydrogen (secondary N) is 1. The highest BCUT2D eigenvalue weighted by molar-refractivity contribution is 7.17. The van der Waals surface area contributed by atoms with E-state index in [1.54, 1.807) is 6.92 Å². The number of nitrogens with zero attached hydrogens (tertiary/aromatic N) is 1. The predicted molar refractivity (Wildman–Crippen MR) is 116 cm³/mol. The molecule has 2 aromatic carbocycles. The monoisotopic (exact) mass is 408 g/mol. The Kier molecular flexibility index (Phi) is 7.14. The Morgan fingerprint density at radius 2 is 1.79 bits per heavy atom. The number of amides is 1. The first-order chi connectivity index (χ1) is 14.0. The number of carbonyl (C=O) groups excluding carboxylic acids is 2. The third-order valence-corrected chi connectivity index (χ3v) is 5.70. The number of thiazole rings is 1. The van der Waals surface area contributed by atoms with Crippen molar-refractivity contribution < 1.29 is 14.3 Å². The number of hydrogen-bond donors (Lipinski definition) is 1. The summed E-state index contributed by atoms with van der Waals surface area (Å²) in [4.78, 5) is 28.7. The zero-order valence-electron chi connectivity index (χ0n) is 16.6. The first-order valence-electron chi connectivity index (χ1n) is 9.55. The van der Waals surface area contributed by atoms with E-state index >= 15 is 0 Å². The van der Waals surface area contributed by atoms with Crippen molar-refractivity contribution in [2.45, 2.75) is 26.7 Å². The van der Waals surface area contributed by atoms with Gasteiger partial charge in [0.2, 0.25) is 0 Å². The second kappa shape index (κ2) is 9.98. The van der Waals surface area contributed by atoms with Crippen LogP contribution >= 0.6 is 11.3 Å². The Morgan fingerprint density at radius 1 is 1.07 bits per heavy atom. The molecule has 3 rings (SSSR count). The van der Waals surface area contributed by atoms with Crippen LogP contribution in [0.3, 0.4) is 0 Å². The number of benzene rings is 2. The van der Waals surface area contributed by atoms with E-state index in [9.17, 15) is 9.59 Å². The highest BCUT2D eigenvalue weighted by Crippen LogP contribution is 2.29. The van der Waals surface area contributed by atoms with E-state index in [-0.39, 0.29) is 18.3 Å². The van der Waals surface area contributed by atoms with Crippen LogP contribution in [0.1, 0.15) is 34.3 Å². The van der Waals surface area contributed by atoms with E-state index < -0.39 is 0 Å². The molecule has 1 aromatic heterocycles. The molecule has 0 unspecified atom stereocenters. The minimum atomic E-state index is -0.135. The lowest BCUT2D eigenvalue weighted by atomic mass is 10.1. The minimum absolute atomic E-state index is 0.0183. The summed E-state index contributed by atoms with van der Waals surface area (Å²) in [5.41, 5.74) is 2.94. The number of hydrogen-bond acceptors (Lipinski definition) is 5. The molecule has 3 aromatic rings. The van der Waals surface area contributed by atoms with Gasteiger partial charge in [0.15, 0.2) is 12.4 Å². The number of aryl methyl sites for hydroxylation is 2. The predicted octanol–water partition coefficient (Wildman–Crippen LogP) is 4.45. The Labute approximate surface area is 174 Å². The van der Waals surface area contributed by atoms with Gasteiger partial charge in [0.1, 0.15) is 10.8 Å². The molecule has 1 heterocycles. The average Bonchev–Trinajstić information content (AvgIpc) is 3.13. The molecule has 0 aliphatic rings. The van der Waals surface area contributed by atoms with Crippen molar-refractivity contribution in [1.29, 1.82) is 0 Å². The summed E-state index contributed by atoms with van der Waals surface area (Å²) >= 11 is 1.39. The largest absolute Gasteiger partial charge is 0.484 e. The molecular formula is C23H24N2O3S. The molecule has 0 aliphatic heterocycles. The molecule has 0 bridgehead atoms. The Bertz CT molecular complexity index is 966. The first kappa shape index (κ1) is 20.7. The Morgan fingerprint density at radius 3 is 2.45 bits per heavy atom. The van der Waals surface area contributed by atoms with Crippen LogP contribution in [0.25, 0.3) is 10.6 Å². The van der Waals surface area contributed by atoms with Crippen molar-refractivity contribution in [2.24, 2.45) is 0 Å². The van der Waals surface area contributed by atoms with Crippen LogP contribution in [0.15, 0.2) is 54.6 Å². The van der Waals surface area contributed by atoms with Gasteiger partial charge in [-0.15, -0.1) is 11.3 Å². The van der Waals surface area contributed by atoms with E-state index in [0.717, 1.165) is 29.1 Å². The second-order valence-corrected chi connectivity index (χ2v) is 7.74. The molecule has 0 saturated carbocycles. The van der Waals surface area contributed by atoms with Gasteiger partial charge in [0.05, 0.1) is 10.6 Å². The van der Waals surface area contributed by atoms with Crippen LogP contribution in [0.4, 0.5) is 0 Å². The van der Waals surface area contributed by atoms with Crippen molar-refractivity contribution in [2.75, 3.05) is 13.2 Å². The van der Waals surface area contributed by atoms with E-state index in [4.69, 9.17) is 4.74 Å². The number of carbonyl (C=O) groups is 2. The van der Waals surface area contributed by atoms with E-state index in [1.807, 2.05) is 49.4 Å². The maximum absolute atomic E-state index is 11.9. The minimum Gasteiger partial charge on any atom is -0.484 e.